The highest BCUT2D eigenvalue weighted by Crippen LogP contribution is 2.11. The molecule has 1 aromatic rings. The van der Waals surface area contributed by atoms with Crippen molar-refractivity contribution in [1.29, 1.82) is 0 Å². The Morgan fingerprint density at radius 1 is 1.39 bits per heavy atom. The van der Waals surface area contributed by atoms with Crippen LogP contribution >= 0.6 is 0 Å². The Balaban J connectivity index is 1.82. The highest BCUT2D eigenvalue weighted by Gasteiger charge is 2.19. The van der Waals surface area contributed by atoms with E-state index in [9.17, 15) is 4.79 Å². The molecule has 98 valence electrons. The van der Waals surface area contributed by atoms with Gasteiger partial charge >= 0.3 is 0 Å². The molecule has 0 unspecified atom stereocenters. The van der Waals surface area contributed by atoms with Crippen LogP contribution in [0.2, 0.25) is 0 Å². The molecule has 18 heavy (non-hydrogen) atoms. The van der Waals surface area contributed by atoms with Crippen molar-refractivity contribution in [3.63, 3.8) is 0 Å². The van der Waals surface area contributed by atoms with Gasteiger partial charge in [0.1, 0.15) is 0 Å². The standard InChI is InChI=1S/C14H20N2O2/c1-18-10-13-5-3-2-4-12(13)9-16-14(17)6-11-7-15-8-11/h2-5,11,15H,6-10H2,1H3,(H,16,17). The van der Waals surface area contributed by atoms with Crippen molar-refractivity contribution in [2.75, 3.05) is 20.2 Å². The maximum atomic E-state index is 11.7. The summed E-state index contributed by atoms with van der Waals surface area (Å²) in [6.07, 6.45) is 0.624. The van der Waals surface area contributed by atoms with E-state index in [1.165, 1.54) is 0 Å². The van der Waals surface area contributed by atoms with Crippen LogP contribution in [0.4, 0.5) is 0 Å². The Bertz CT molecular complexity index is 403. The van der Waals surface area contributed by atoms with Crippen molar-refractivity contribution < 1.29 is 9.53 Å². The van der Waals surface area contributed by atoms with Crippen LogP contribution in [0.5, 0.6) is 0 Å². The minimum absolute atomic E-state index is 0.133. The summed E-state index contributed by atoms with van der Waals surface area (Å²) in [4.78, 5) is 11.7. The second-order valence-electron chi connectivity index (χ2n) is 4.71. The van der Waals surface area contributed by atoms with Gasteiger partial charge in [-0.1, -0.05) is 24.3 Å². The average molecular weight is 248 g/mol. The summed E-state index contributed by atoms with van der Waals surface area (Å²) in [5.41, 5.74) is 2.25. The number of carbonyl (C=O) groups is 1. The molecule has 1 amide bonds. The fraction of sp³-hybridized carbons (Fsp3) is 0.500. The van der Waals surface area contributed by atoms with Gasteiger partial charge < -0.3 is 15.4 Å². The van der Waals surface area contributed by atoms with E-state index in [1.54, 1.807) is 7.11 Å². The third kappa shape index (κ3) is 3.55. The molecular weight excluding hydrogens is 228 g/mol. The summed E-state index contributed by atoms with van der Waals surface area (Å²) < 4.78 is 5.15. The lowest BCUT2D eigenvalue weighted by atomic mass is 9.99. The first-order valence-corrected chi connectivity index (χ1v) is 6.32. The predicted molar refractivity (Wildman–Crippen MR) is 70.0 cm³/mol. The lowest BCUT2D eigenvalue weighted by molar-refractivity contribution is -0.122. The van der Waals surface area contributed by atoms with E-state index < -0.39 is 0 Å². The lowest BCUT2D eigenvalue weighted by Gasteiger charge is -2.26. The molecule has 1 fully saturated rings. The van der Waals surface area contributed by atoms with Crippen LogP contribution in [0, 0.1) is 5.92 Å². The van der Waals surface area contributed by atoms with E-state index in [-0.39, 0.29) is 5.91 Å². The van der Waals surface area contributed by atoms with E-state index in [1.807, 2.05) is 24.3 Å². The number of hydrogen-bond acceptors (Lipinski definition) is 3. The van der Waals surface area contributed by atoms with Crippen LogP contribution in [0.3, 0.4) is 0 Å². The molecule has 0 aliphatic carbocycles. The molecule has 2 rings (SSSR count). The first-order valence-electron chi connectivity index (χ1n) is 6.32. The second kappa shape index (κ2) is 6.52. The van der Waals surface area contributed by atoms with E-state index in [2.05, 4.69) is 10.6 Å². The minimum atomic E-state index is 0.133. The SMILES string of the molecule is COCc1ccccc1CNC(=O)CC1CNC1. The molecule has 4 nitrogen and oxygen atoms in total. The molecule has 1 aromatic carbocycles. The summed E-state index contributed by atoms with van der Waals surface area (Å²) >= 11 is 0. The van der Waals surface area contributed by atoms with Crippen molar-refractivity contribution in [2.45, 2.75) is 19.6 Å². The predicted octanol–water partition coefficient (Wildman–Crippen LogP) is 1.06. The average Bonchev–Trinajstić information content (AvgIpc) is 2.33. The summed E-state index contributed by atoms with van der Waals surface area (Å²) in [5.74, 6) is 0.646. The van der Waals surface area contributed by atoms with E-state index in [0.29, 0.717) is 25.5 Å². The van der Waals surface area contributed by atoms with Crippen molar-refractivity contribution in [1.82, 2.24) is 10.6 Å². The van der Waals surface area contributed by atoms with Crippen LogP contribution in [0.15, 0.2) is 24.3 Å². The second-order valence-corrected chi connectivity index (χ2v) is 4.71. The van der Waals surface area contributed by atoms with Crippen molar-refractivity contribution in [2.24, 2.45) is 5.92 Å². The zero-order valence-electron chi connectivity index (χ0n) is 10.7. The summed E-state index contributed by atoms with van der Waals surface area (Å²) in [7, 11) is 1.68. The van der Waals surface area contributed by atoms with Crippen molar-refractivity contribution in [3.05, 3.63) is 35.4 Å². The molecule has 0 saturated carbocycles. The molecule has 0 aromatic heterocycles. The maximum absolute atomic E-state index is 11.7. The van der Waals surface area contributed by atoms with Crippen LogP contribution in [0.25, 0.3) is 0 Å². The third-order valence-electron chi connectivity index (χ3n) is 3.23. The maximum Gasteiger partial charge on any atom is 0.220 e. The Kier molecular flexibility index (Phi) is 4.73. The summed E-state index contributed by atoms with van der Waals surface area (Å²) in [6, 6.07) is 8.02. The monoisotopic (exact) mass is 248 g/mol. The van der Waals surface area contributed by atoms with Crippen molar-refractivity contribution in [3.8, 4) is 0 Å². The highest BCUT2D eigenvalue weighted by molar-refractivity contribution is 5.76. The molecular formula is C14H20N2O2. The van der Waals surface area contributed by atoms with Crippen molar-refractivity contribution >= 4 is 5.91 Å². The molecule has 0 radical (unpaired) electrons. The molecule has 0 atom stereocenters. The Morgan fingerprint density at radius 2 is 2.11 bits per heavy atom. The number of ether oxygens (including phenoxy) is 1. The number of rotatable bonds is 6. The van der Waals surface area contributed by atoms with E-state index in [4.69, 9.17) is 4.74 Å². The summed E-state index contributed by atoms with van der Waals surface area (Å²) in [6.45, 7) is 3.10. The Hall–Kier alpha value is -1.39. The van der Waals surface area contributed by atoms with Gasteiger partial charge in [0, 0.05) is 20.1 Å². The van der Waals surface area contributed by atoms with Gasteiger partial charge in [0.25, 0.3) is 0 Å². The minimum Gasteiger partial charge on any atom is -0.380 e. The van der Waals surface area contributed by atoms with Gasteiger partial charge in [-0.3, -0.25) is 4.79 Å². The molecule has 2 N–H and O–H groups in total. The smallest absolute Gasteiger partial charge is 0.220 e. The zero-order valence-corrected chi connectivity index (χ0v) is 10.7. The fourth-order valence-electron chi connectivity index (χ4n) is 2.05. The molecule has 1 saturated heterocycles. The molecule has 0 bridgehead atoms. The van der Waals surface area contributed by atoms with Crippen LogP contribution in [0.1, 0.15) is 17.5 Å². The van der Waals surface area contributed by atoms with Crippen LogP contribution in [-0.2, 0) is 22.7 Å². The first kappa shape index (κ1) is 13.1. The number of benzene rings is 1. The summed E-state index contributed by atoms with van der Waals surface area (Å²) in [5, 5.41) is 6.14. The van der Waals surface area contributed by atoms with Gasteiger partial charge in [0.05, 0.1) is 6.61 Å². The Labute approximate surface area is 108 Å². The van der Waals surface area contributed by atoms with Crippen LogP contribution in [-0.4, -0.2) is 26.1 Å². The molecule has 1 aliphatic rings. The van der Waals surface area contributed by atoms with Gasteiger partial charge in [-0.25, -0.2) is 0 Å². The molecule has 0 spiro atoms. The quantitative estimate of drug-likeness (QED) is 0.791. The molecule has 1 heterocycles. The number of hydrogen-bond donors (Lipinski definition) is 2. The number of carbonyl (C=O) groups excluding carboxylic acids is 1. The topological polar surface area (TPSA) is 50.4 Å². The Morgan fingerprint density at radius 3 is 2.72 bits per heavy atom. The van der Waals surface area contributed by atoms with E-state index >= 15 is 0 Å². The van der Waals surface area contributed by atoms with Gasteiger partial charge in [-0.05, 0) is 30.1 Å². The molecule has 4 heteroatoms. The van der Waals surface area contributed by atoms with Crippen LogP contribution < -0.4 is 10.6 Å². The fourth-order valence-corrected chi connectivity index (χ4v) is 2.05. The molecule has 1 aliphatic heterocycles. The highest BCUT2D eigenvalue weighted by atomic mass is 16.5. The third-order valence-corrected chi connectivity index (χ3v) is 3.23. The lowest BCUT2D eigenvalue weighted by Crippen LogP contribution is -2.44. The van der Waals surface area contributed by atoms with E-state index in [0.717, 1.165) is 24.2 Å². The number of methoxy groups -OCH3 is 1. The first-order chi connectivity index (χ1) is 8.79. The van der Waals surface area contributed by atoms with Gasteiger partial charge in [0.15, 0.2) is 0 Å². The van der Waals surface area contributed by atoms with Gasteiger partial charge in [-0.2, -0.15) is 0 Å². The zero-order chi connectivity index (χ0) is 12.8. The number of amides is 1. The largest absolute Gasteiger partial charge is 0.380 e. The van der Waals surface area contributed by atoms with Gasteiger partial charge in [0.2, 0.25) is 5.91 Å². The number of nitrogens with one attached hydrogen (secondary N) is 2. The normalized spacial score (nSPS) is 15.2. The van der Waals surface area contributed by atoms with Gasteiger partial charge in [-0.15, -0.1) is 0 Å².